The fraction of sp³-hybridized carbons (Fsp3) is 0.0370. The summed E-state index contributed by atoms with van der Waals surface area (Å²) in [5.41, 5.74) is 4.11. The average Bonchev–Trinajstić information content (AvgIpc) is 3.27. The highest BCUT2D eigenvalue weighted by Crippen LogP contribution is 2.32. The van der Waals surface area contributed by atoms with Crippen molar-refractivity contribution in [1.29, 1.82) is 0 Å². The molecule has 168 valence electrons. The molecule has 0 saturated carbocycles. The summed E-state index contributed by atoms with van der Waals surface area (Å²) < 4.78 is 21.8. The molecule has 0 saturated heterocycles. The molecule has 0 radical (unpaired) electrons. The first-order chi connectivity index (χ1) is 16.5. The van der Waals surface area contributed by atoms with Crippen LogP contribution >= 0.6 is 11.6 Å². The summed E-state index contributed by atoms with van der Waals surface area (Å²) in [6.45, 7) is 0.256. The first kappa shape index (κ1) is 21.7. The lowest BCUT2D eigenvalue weighted by Crippen LogP contribution is -2.01. The van der Waals surface area contributed by atoms with E-state index in [0.29, 0.717) is 10.7 Å². The molecule has 0 bridgehead atoms. The van der Waals surface area contributed by atoms with E-state index in [1.54, 1.807) is 29.1 Å². The zero-order valence-electron chi connectivity index (χ0n) is 17.8. The number of carboxylic acid groups (broad SMARTS) is 1. The van der Waals surface area contributed by atoms with Gasteiger partial charge in [0.1, 0.15) is 6.61 Å². The van der Waals surface area contributed by atoms with Crippen molar-refractivity contribution in [3.05, 3.63) is 113 Å². The smallest absolute Gasteiger partial charge is 0.335 e. The molecule has 1 heterocycles. The topological polar surface area (TPSA) is 64.3 Å². The van der Waals surface area contributed by atoms with Gasteiger partial charge < -0.3 is 9.84 Å². The summed E-state index contributed by atoms with van der Waals surface area (Å²) in [5.74, 6) is -1.33. The van der Waals surface area contributed by atoms with Crippen LogP contribution in [0.2, 0.25) is 5.02 Å². The van der Waals surface area contributed by atoms with Gasteiger partial charge >= 0.3 is 5.97 Å². The fourth-order valence-electron chi connectivity index (χ4n) is 3.76. The van der Waals surface area contributed by atoms with E-state index in [-0.39, 0.29) is 17.9 Å². The van der Waals surface area contributed by atoms with Crippen molar-refractivity contribution < 1.29 is 19.0 Å². The zero-order valence-corrected chi connectivity index (χ0v) is 18.5. The number of fused-ring (bicyclic) bond motifs is 1. The van der Waals surface area contributed by atoms with Crippen LogP contribution in [0.1, 0.15) is 15.9 Å². The molecule has 7 heteroatoms. The van der Waals surface area contributed by atoms with Crippen molar-refractivity contribution in [2.45, 2.75) is 6.61 Å². The summed E-state index contributed by atoms with van der Waals surface area (Å²) in [5, 5.41) is 14.8. The van der Waals surface area contributed by atoms with Crippen LogP contribution in [0.15, 0.2) is 91.1 Å². The molecule has 1 aromatic heterocycles. The number of benzene rings is 4. The lowest BCUT2D eigenvalue weighted by atomic mass is 10.0. The van der Waals surface area contributed by atoms with Gasteiger partial charge in [-0.3, -0.25) is 0 Å². The van der Waals surface area contributed by atoms with E-state index in [4.69, 9.17) is 21.4 Å². The Morgan fingerprint density at radius 1 is 1.00 bits per heavy atom. The normalized spacial score (nSPS) is 11.0. The second kappa shape index (κ2) is 9.00. The van der Waals surface area contributed by atoms with Crippen LogP contribution in [0.5, 0.6) is 5.75 Å². The van der Waals surface area contributed by atoms with E-state index >= 15 is 0 Å². The van der Waals surface area contributed by atoms with Crippen molar-refractivity contribution in [2.75, 3.05) is 0 Å². The van der Waals surface area contributed by atoms with E-state index < -0.39 is 11.8 Å². The summed E-state index contributed by atoms with van der Waals surface area (Å²) in [4.78, 5) is 11.2. The number of carbonyl (C=O) groups is 1. The Hall–Kier alpha value is -4.16. The lowest BCUT2D eigenvalue weighted by Gasteiger charge is -2.11. The SMILES string of the molecule is O=C(O)c1ccc(-c2ccc3c(cnn3-c3ccc(F)c(OCc4ccccc4)c3)c2)c(Cl)c1. The van der Waals surface area contributed by atoms with Crippen LogP contribution in [0.4, 0.5) is 4.39 Å². The Kier molecular flexibility index (Phi) is 5.74. The van der Waals surface area contributed by atoms with Gasteiger partial charge in [0.05, 0.1) is 23.0 Å². The lowest BCUT2D eigenvalue weighted by molar-refractivity contribution is 0.0697. The number of ether oxygens (including phenoxy) is 1. The first-order valence-electron chi connectivity index (χ1n) is 10.5. The van der Waals surface area contributed by atoms with E-state index in [1.807, 2.05) is 48.5 Å². The molecule has 4 aromatic carbocycles. The standard InChI is InChI=1S/C27H18ClFN2O3/c28-23-13-19(27(32)33)6-9-22(23)18-7-11-25-20(12-18)15-30-31(25)21-8-10-24(29)26(14-21)34-16-17-4-2-1-3-5-17/h1-15H,16H2,(H,32,33). The molecule has 0 aliphatic carbocycles. The molecule has 5 aromatic rings. The third kappa shape index (κ3) is 4.23. The first-order valence-corrected chi connectivity index (χ1v) is 10.8. The zero-order chi connectivity index (χ0) is 23.7. The van der Waals surface area contributed by atoms with E-state index in [9.17, 15) is 9.18 Å². The maximum absolute atomic E-state index is 14.4. The average molecular weight is 473 g/mol. The number of carboxylic acids is 1. The van der Waals surface area contributed by atoms with Gasteiger partial charge in [-0.05, 0) is 47.5 Å². The molecule has 34 heavy (non-hydrogen) atoms. The van der Waals surface area contributed by atoms with Crippen LogP contribution in [0, 0.1) is 5.82 Å². The third-order valence-electron chi connectivity index (χ3n) is 5.49. The molecule has 5 rings (SSSR count). The molecule has 0 aliphatic rings. The Bertz CT molecular complexity index is 1520. The van der Waals surface area contributed by atoms with Crippen molar-refractivity contribution in [2.24, 2.45) is 0 Å². The molecule has 1 N–H and O–H groups in total. The summed E-state index contributed by atoms with van der Waals surface area (Å²) in [6.07, 6.45) is 1.71. The Morgan fingerprint density at radius 3 is 2.59 bits per heavy atom. The minimum absolute atomic E-state index is 0.129. The van der Waals surface area contributed by atoms with Crippen molar-refractivity contribution in [1.82, 2.24) is 9.78 Å². The second-order valence-electron chi connectivity index (χ2n) is 7.72. The highest BCUT2D eigenvalue weighted by atomic mass is 35.5. The van der Waals surface area contributed by atoms with Gasteiger partial charge in [-0.2, -0.15) is 5.10 Å². The molecular formula is C27H18ClFN2O3. The van der Waals surface area contributed by atoms with E-state index in [1.165, 1.54) is 18.2 Å². The molecule has 0 fully saturated rings. The molecule has 0 aliphatic heterocycles. The number of aromatic nitrogens is 2. The Balaban J connectivity index is 1.46. The minimum atomic E-state index is -1.03. The van der Waals surface area contributed by atoms with Crippen LogP contribution in [-0.4, -0.2) is 20.9 Å². The number of halogens is 2. The number of nitrogens with zero attached hydrogens (tertiary/aromatic N) is 2. The molecule has 0 unspecified atom stereocenters. The van der Waals surface area contributed by atoms with Gasteiger partial charge in [0, 0.05) is 22.0 Å². The predicted octanol–water partition coefficient (Wildman–Crippen LogP) is 6.76. The van der Waals surface area contributed by atoms with Gasteiger partial charge in [0.2, 0.25) is 0 Å². The molecule has 0 spiro atoms. The summed E-state index contributed by atoms with van der Waals surface area (Å²) >= 11 is 6.33. The second-order valence-corrected chi connectivity index (χ2v) is 8.13. The number of hydrogen-bond donors (Lipinski definition) is 1. The van der Waals surface area contributed by atoms with Crippen LogP contribution < -0.4 is 4.74 Å². The highest BCUT2D eigenvalue weighted by Gasteiger charge is 2.13. The fourth-order valence-corrected chi connectivity index (χ4v) is 4.05. The van der Waals surface area contributed by atoms with Crippen LogP contribution in [-0.2, 0) is 6.61 Å². The largest absolute Gasteiger partial charge is 0.486 e. The Labute approximate surface area is 199 Å². The number of hydrogen-bond acceptors (Lipinski definition) is 3. The molecular weight excluding hydrogens is 455 g/mol. The number of rotatable bonds is 6. The van der Waals surface area contributed by atoms with Crippen LogP contribution in [0.25, 0.3) is 27.7 Å². The van der Waals surface area contributed by atoms with Gasteiger partial charge in [0.25, 0.3) is 0 Å². The third-order valence-corrected chi connectivity index (χ3v) is 5.80. The van der Waals surface area contributed by atoms with Crippen molar-refractivity contribution in [3.63, 3.8) is 0 Å². The monoisotopic (exact) mass is 472 g/mol. The Morgan fingerprint density at radius 2 is 1.82 bits per heavy atom. The minimum Gasteiger partial charge on any atom is -0.486 e. The van der Waals surface area contributed by atoms with Crippen molar-refractivity contribution in [3.8, 4) is 22.6 Å². The van der Waals surface area contributed by atoms with E-state index in [2.05, 4.69) is 5.10 Å². The molecule has 0 atom stereocenters. The highest BCUT2D eigenvalue weighted by molar-refractivity contribution is 6.33. The molecule has 0 amide bonds. The summed E-state index contributed by atoms with van der Waals surface area (Å²) in [7, 11) is 0. The quantitative estimate of drug-likeness (QED) is 0.296. The van der Waals surface area contributed by atoms with Gasteiger partial charge in [-0.1, -0.05) is 54.1 Å². The van der Waals surface area contributed by atoms with Gasteiger partial charge in [0.15, 0.2) is 11.6 Å². The molecule has 5 nitrogen and oxygen atoms in total. The predicted molar refractivity (Wildman–Crippen MR) is 129 cm³/mol. The van der Waals surface area contributed by atoms with Gasteiger partial charge in [-0.15, -0.1) is 0 Å². The van der Waals surface area contributed by atoms with Crippen molar-refractivity contribution >= 4 is 28.5 Å². The maximum atomic E-state index is 14.4. The maximum Gasteiger partial charge on any atom is 0.335 e. The van der Waals surface area contributed by atoms with Gasteiger partial charge in [-0.25, -0.2) is 13.9 Å². The van der Waals surface area contributed by atoms with E-state index in [0.717, 1.165) is 27.6 Å². The summed E-state index contributed by atoms with van der Waals surface area (Å²) in [6, 6.07) is 24.5. The van der Waals surface area contributed by atoms with Crippen LogP contribution in [0.3, 0.4) is 0 Å². The number of aromatic carboxylic acids is 1.